The molecule has 0 aliphatic heterocycles. The van der Waals surface area contributed by atoms with Gasteiger partial charge in [-0.15, -0.1) is 0 Å². The van der Waals surface area contributed by atoms with E-state index in [1.165, 1.54) is 65.3 Å². The number of halogens is 1. The fourth-order valence-electron chi connectivity index (χ4n) is 6.78. The highest BCUT2D eigenvalue weighted by Gasteiger charge is 2.17. The molecule has 1 aromatic heterocycles. The van der Waals surface area contributed by atoms with Gasteiger partial charge in [0.05, 0.1) is 0 Å². The second kappa shape index (κ2) is 9.04. The lowest BCUT2D eigenvalue weighted by Gasteiger charge is -2.16. The second-order valence-electron chi connectivity index (χ2n) is 11.0. The first-order valence-electron chi connectivity index (χ1n) is 14.2. The normalized spacial score (nSPS) is 11.9. The Morgan fingerprint density at radius 2 is 1.02 bits per heavy atom. The minimum Gasteiger partial charge on any atom is -0.456 e. The maximum atomic E-state index is 6.41. The van der Waals surface area contributed by atoms with Crippen LogP contribution in [0.3, 0.4) is 0 Å². The molecule has 1 nitrogen and oxygen atoms in total. The molecule has 42 heavy (non-hydrogen) atoms. The summed E-state index contributed by atoms with van der Waals surface area (Å²) < 4.78 is 7.55. The van der Waals surface area contributed by atoms with Gasteiger partial charge >= 0.3 is 0 Å². The second-order valence-corrected chi connectivity index (χ2v) is 11.8. The highest BCUT2D eigenvalue weighted by molar-refractivity contribution is 9.10. The summed E-state index contributed by atoms with van der Waals surface area (Å²) in [5.74, 6) is 0. The summed E-state index contributed by atoms with van der Waals surface area (Å²) >= 11 is 3.93. The van der Waals surface area contributed by atoms with Gasteiger partial charge in [-0.05, 0) is 106 Å². The Hall–Kier alpha value is -4.92. The van der Waals surface area contributed by atoms with Crippen molar-refractivity contribution >= 4 is 81.0 Å². The molecule has 0 aliphatic rings. The lowest BCUT2D eigenvalue weighted by atomic mass is 9.88. The van der Waals surface area contributed by atoms with Crippen LogP contribution in [-0.4, -0.2) is 0 Å². The molecule has 9 aromatic rings. The molecule has 9 rings (SSSR count). The summed E-state index contributed by atoms with van der Waals surface area (Å²) in [6.45, 7) is 0. The van der Waals surface area contributed by atoms with Crippen LogP contribution in [0.2, 0.25) is 0 Å². The monoisotopic (exact) mass is 598 g/mol. The first-order chi connectivity index (χ1) is 20.7. The van der Waals surface area contributed by atoms with Crippen molar-refractivity contribution in [2.75, 3.05) is 0 Å². The van der Waals surface area contributed by atoms with Crippen LogP contribution in [0, 0.1) is 0 Å². The fraction of sp³-hybridized carbons (Fsp3) is 0. The van der Waals surface area contributed by atoms with Gasteiger partial charge in [0.2, 0.25) is 0 Å². The number of benzene rings is 8. The van der Waals surface area contributed by atoms with Gasteiger partial charge in [-0.2, -0.15) is 0 Å². The Kier molecular flexibility index (Phi) is 5.11. The molecule has 0 saturated carbocycles. The zero-order valence-electron chi connectivity index (χ0n) is 22.6. The Labute approximate surface area is 250 Å². The predicted molar refractivity (Wildman–Crippen MR) is 182 cm³/mol. The molecule has 0 amide bonds. The van der Waals surface area contributed by atoms with Crippen molar-refractivity contribution < 1.29 is 4.42 Å². The third-order valence-electron chi connectivity index (χ3n) is 8.69. The summed E-state index contributed by atoms with van der Waals surface area (Å²) in [5.41, 5.74) is 6.71. The first-order valence-corrected chi connectivity index (χ1v) is 15.0. The smallest absolute Gasteiger partial charge is 0.136 e. The molecule has 8 aromatic carbocycles. The van der Waals surface area contributed by atoms with Crippen molar-refractivity contribution in [3.8, 4) is 22.3 Å². The van der Waals surface area contributed by atoms with Crippen molar-refractivity contribution in [1.82, 2.24) is 0 Å². The molecule has 0 spiro atoms. The van der Waals surface area contributed by atoms with Crippen molar-refractivity contribution in [3.05, 3.63) is 144 Å². The minimum atomic E-state index is 0.913. The van der Waals surface area contributed by atoms with Crippen LogP contribution in [0.5, 0.6) is 0 Å². The number of hydrogen-bond donors (Lipinski definition) is 0. The van der Waals surface area contributed by atoms with E-state index in [2.05, 4.69) is 155 Å². The third-order valence-corrected chi connectivity index (χ3v) is 9.55. The first kappa shape index (κ1) is 23.8. The van der Waals surface area contributed by atoms with E-state index in [0.717, 1.165) is 26.4 Å². The number of fused-ring (bicyclic) bond motifs is 7. The average Bonchev–Trinajstić information content (AvgIpc) is 3.41. The molecule has 0 atom stereocenters. The molecule has 0 N–H and O–H groups in total. The van der Waals surface area contributed by atoms with E-state index in [0.29, 0.717) is 0 Å². The zero-order chi connectivity index (χ0) is 27.8. The van der Waals surface area contributed by atoms with Gasteiger partial charge in [-0.3, -0.25) is 0 Å². The van der Waals surface area contributed by atoms with E-state index >= 15 is 0 Å². The molecule has 196 valence electrons. The van der Waals surface area contributed by atoms with E-state index in [4.69, 9.17) is 4.42 Å². The largest absolute Gasteiger partial charge is 0.456 e. The summed E-state index contributed by atoms with van der Waals surface area (Å²) in [7, 11) is 0. The van der Waals surface area contributed by atoms with Gasteiger partial charge in [0.25, 0.3) is 0 Å². The van der Waals surface area contributed by atoms with Crippen LogP contribution in [0.1, 0.15) is 0 Å². The maximum Gasteiger partial charge on any atom is 0.136 e. The van der Waals surface area contributed by atoms with E-state index in [1.807, 2.05) is 0 Å². The average molecular weight is 600 g/mol. The van der Waals surface area contributed by atoms with Crippen molar-refractivity contribution in [1.29, 1.82) is 0 Å². The van der Waals surface area contributed by atoms with Crippen LogP contribution in [0.15, 0.2) is 148 Å². The molecular weight excluding hydrogens is 576 g/mol. The van der Waals surface area contributed by atoms with E-state index < -0.39 is 0 Å². The summed E-state index contributed by atoms with van der Waals surface area (Å²) in [5, 5.41) is 12.1. The lowest BCUT2D eigenvalue weighted by Crippen LogP contribution is -1.89. The standard InChI is InChI=1S/C40H23BrO/c41-40-32-14-5-3-12-29(32)38(30-13-4-6-15-33(30)40)31-17-7-11-24-19-20-27(22-34(24)31)28-16-8-18-36-39(28)35-21-25-9-1-2-10-26(25)23-37(35)42-36/h1-23H. The SMILES string of the molecule is Brc1c2ccccc2c(-c2cccc3ccc(-c4cccc5oc6cc7ccccc7cc6c45)cc23)c2ccccc12. The molecule has 0 aliphatic carbocycles. The Bertz CT molecular complexity index is 2480. The van der Waals surface area contributed by atoms with Crippen LogP contribution >= 0.6 is 15.9 Å². The lowest BCUT2D eigenvalue weighted by molar-refractivity contribution is 0.669. The summed E-state index contributed by atoms with van der Waals surface area (Å²) in [4.78, 5) is 0. The van der Waals surface area contributed by atoms with Crippen LogP contribution < -0.4 is 0 Å². The van der Waals surface area contributed by atoms with Crippen molar-refractivity contribution in [3.63, 3.8) is 0 Å². The molecule has 2 heteroatoms. The molecular formula is C40H23BrO. The van der Waals surface area contributed by atoms with E-state index in [-0.39, 0.29) is 0 Å². The van der Waals surface area contributed by atoms with Gasteiger partial charge in [0, 0.05) is 15.2 Å². The van der Waals surface area contributed by atoms with E-state index in [9.17, 15) is 0 Å². The van der Waals surface area contributed by atoms with Crippen LogP contribution in [0.4, 0.5) is 0 Å². The molecule has 0 radical (unpaired) electrons. The maximum absolute atomic E-state index is 6.41. The molecule has 1 heterocycles. The van der Waals surface area contributed by atoms with Gasteiger partial charge < -0.3 is 4.42 Å². The fourth-order valence-corrected chi connectivity index (χ4v) is 7.47. The molecule has 0 unspecified atom stereocenters. The summed E-state index contributed by atoms with van der Waals surface area (Å²) in [6, 6.07) is 50.3. The number of furan rings is 1. The third kappa shape index (κ3) is 3.42. The highest BCUT2D eigenvalue weighted by Crippen LogP contribution is 2.45. The number of hydrogen-bond acceptors (Lipinski definition) is 1. The van der Waals surface area contributed by atoms with Gasteiger partial charge in [-0.25, -0.2) is 0 Å². The van der Waals surface area contributed by atoms with Gasteiger partial charge in [0.15, 0.2) is 0 Å². The van der Waals surface area contributed by atoms with Crippen LogP contribution in [0.25, 0.3) is 87.3 Å². The van der Waals surface area contributed by atoms with Crippen LogP contribution in [-0.2, 0) is 0 Å². The van der Waals surface area contributed by atoms with Gasteiger partial charge in [0.1, 0.15) is 11.2 Å². The minimum absolute atomic E-state index is 0.913. The Balaban J connectivity index is 1.36. The van der Waals surface area contributed by atoms with Crippen molar-refractivity contribution in [2.45, 2.75) is 0 Å². The van der Waals surface area contributed by atoms with E-state index in [1.54, 1.807) is 0 Å². The number of rotatable bonds is 2. The summed E-state index contributed by atoms with van der Waals surface area (Å²) in [6.07, 6.45) is 0. The topological polar surface area (TPSA) is 13.1 Å². The Morgan fingerprint density at radius 3 is 1.79 bits per heavy atom. The Morgan fingerprint density at radius 1 is 0.405 bits per heavy atom. The molecule has 0 saturated heterocycles. The highest BCUT2D eigenvalue weighted by atomic mass is 79.9. The molecule has 0 bridgehead atoms. The molecule has 0 fully saturated rings. The van der Waals surface area contributed by atoms with Crippen molar-refractivity contribution in [2.24, 2.45) is 0 Å². The predicted octanol–water partition coefficient (Wildman–Crippen LogP) is 12.3. The quantitative estimate of drug-likeness (QED) is 0.180. The van der Waals surface area contributed by atoms with Gasteiger partial charge in [-0.1, -0.05) is 115 Å². The zero-order valence-corrected chi connectivity index (χ0v) is 24.2.